The molecule has 0 bridgehead atoms. The van der Waals surface area contributed by atoms with Crippen molar-refractivity contribution in [2.75, 3.05) is 0 Å². The summed E-state index contributed by atoms with van der Waals surface area (Å²) < 4.78 is 17.9. The molecule has 9 aromatic carbocycles. The maximum Gasteiger partial charge on any atom is 0.138 e. The van der Waals surface area contributed by atoms with Crippen LogP contribution in [0.25, 0.3) is 125 Å². The molecule has 0 atom stereocenters. The summed E-state index contributed by atoms with van der Waals surface area (Å²) >= 11 is 1.87. The lowest BCUT2D eigenvalue weighted by Crippen LogP contribution is -1.95. The Bertz CT molecular complexity index is 3780. The standard InChI is InChI=1S/C52H29NO2S/c1-2-10-35-30(9-1)19-24-50-52(35)42-27-33(20-23-49(42)56-50)39-28-34(29-48-51(39)38-13-5-8-16-46(38)55-48)53-43-14-6-3-11-36(43)40-25-31(17-21-44(40)53)32-18-22-47-41(26-32)37-12-4-7-15-45(37)54-47/h1-29H. The summed E-state index contributed by atoms with van der Waals surface area (Å²) in [6, 6.07) is 63.7. The minimum Gasteiger partial charge on any atom is -0.456 e. The third-order valence-electron chi connectivity index (χ3n) is 11.8. The molecule has 260 valence electrons. The summed E-state index contributed by atoms with van der Waals surface area (Å²) in [6.45, 7) is 0. The second kappa shape index (κ2) is 11.2. The Morgan fingerprint density at radius 2 is 0.982 bits per heavy atom. The van der Waals surface area contributed by atoms with Crippen molar-refractivity contribution in [3.05, 3.63) is 176 Å². The molecule has 0 amide bonds. The third kappa shape index (κ3) is 4.22. The molecule has 0 radical (unpaired) electrons. The Morgan fingerprint density at radius 3 is 1.88 bits per heavy atom. The van der Waals surface area contributed by atoms with Gasteiger partial charge in [0, 0.05) is 58.6 Å². The average molecular weight is 732 g/mol. The molecule has 0 unspecified atom stereocenters. The second-order valence-electron chi connectivity index (χ2n) is 14.8. The minimum absolute atomic E-state index is 0.877. The molecule has 4 aromatic heterocycles. The van der Waals surface area contributed by atoms with Gasteiger partial charge in [-0.25, -0.2) is 0 Å². The highest BCUT2D eigenvalue weighted by Gasteiger charge is 2.20. The van der Waals surface area contributed by atoms with Crippen LogP contribution in [0.5, 0.6) is 0 Å². The van der Waals surface area contributed by atoms with Gasteiger partial charge in [-0.2, -0.15) is 0 Å². The zero-order chi connectivity index (χ0) is 36.5. The van der Waals surface area contributed by atoms with E-state index in [1.165, 1.54) is 52.8 Å². The fraction of sp³-hybridized carbons (Fsp3) is 0. The molecule has 13 aromatic rings. The van der Waals surface area contributed by atoms with Gasteiger partial charge in [0.25, 0.3) is 0 Å². The molecule has 0 saturated carbocycles. The first-order valence-corrected chi connectivity index (χ1v) is 19.8. The van der Waals surface area contributed by atoms with Crippen molar-refractivity contribution >= 4 is 108 Å². The molecule has 0 spiro atoms. The highest BCUT2D eigenvalue weighted by atomic mass is 32.1. The lowest BCUT2D eigenvalue weighted by Gasteiger charge is -2.12. The number of thiophene rings is 1. The van der Waals surface area contributed by atoms with Crippen LogP contribution in [0.15, 0.2) is 185 Å². The summed E-state index contributed by atoms with van der Waals surface area (Å²) in [5.41, 5.74) is 11.6. The predicted molar refractivity (Wildman–Crippen MR) is 237 cm³/mol. The zero-order valence-electron chi connectivity index (χ0n) is 29.9. The van der Waals surface area contributed by atoms with E-state index in [0.717, 1.165) is 71.7 Å². The molecule has 13 rings (SSSR count). The van der Waals surface area contributed by atoms with Crippen LogP contribution < -0.4 is 0 Å². The highest BCUT2D eigenvalue weighted by molar-refractivity contribution is 7.26. The number of hydrogen-bond donors (Lipinski definition) is 0. The van der Waals surface area contributed by atoms with Gasteiger partial charge >= 0.3 is 0 Å². The van der Waals surface area contributed by atoms with Crippen molar-refractivity contribution in [2.24, 2.45) is 0 Å². The molecule has 56 heavy (non-hydrogen) atoms. The van der Waals surface area contributed by atoms with Crippen LogP contribution in [0.2, 0.25) is 0 Å². The number of para-hydroxylation sites is 3. The van der Waals surface area contributed by atoms with Gasteiger partial charge in [0.15, 0.2) is 0 Å². The molecule has 0 aliphatic rings. The number of fused-ring (bicyclic) bond motifs is 14. The summed E-state index contributed by atoms with van der Waals surface area (Å²) in [6.07, 6.45) is 0. The van der Waals surface area contributed by atoms with Crippen LogP contribution in [0.3, 0.4) is 0 Å². The van der Waals surface area contributed by atoms with Gasteiger partial charge in [-0.3, -0.25) is 0 Å². The van der Waals surface area contributed by atoms with Crippen molar-refractivity contribution in [3.8, 4) is 27.9 Å². The number of aromatic nitrogens is 1. The van der Waals surface area contributed by atoms with Gasteiger partial charge in [-0.1, -0.05) is 103 Å². The monoisotopic (exact) mass is 731 g/mol. The van der Waals surface area contributed by atoms with E-state index < -0.39 is 0 Å². The molecular weight excluding hydrogens is 703 g/mol. The van der Waals surface area contributed by atoms with Crippen molar-refractivity contribution < 1.29 is 8.83 Å². The fourth-order valence-corrected chi connectivity index (χ4v) is 10.3. The first-order valence-electron chi connectivity index (χ1n) is 19.0. The van der Waals surface area contributed by atoms with Gasteiger partial charge in [0.1, 0.15) is 22.3 Å². The number of nitrogens with zero attached hydrogens (tertiary/aromatic N) is 1. The molecule has 0 aliphatic heterocycles. The van der Waals surface area contributed by atoms with E-state index >= 15 is 0 Å². The second-order valence-corrected chi connectivity index (χ2v) is 15.9. The maximum atomic E-state index is 6.69. The van der Waals surface area contributed by atoms with Crippen molar-refractivity contribution in [1.29, 1.82) is 0 Å². The van der Waals surface area contributed by atoms with E-state index in [0.29, 0.717) is 0 Å². The average Bonchev–Trinajstić information content (AvgIpc) is 4.01. The smallest absolute Gasteiger partial charge is 0.138 e. The Labute approximate surface area is 323 Å². The highest BCUT2D eigenvalue weighted by Crippen LogP contribution is 2.45. The van der Waals surface area contributed by atoms with E-state index in [-0.39, 0.29) is 0 Å². The van der Waals surface area contributed by atoms with Gasteiger partial charge in [-0.15, -0.1) is 11.3 Å². The molecular formula is C52H29NO2S. The Morgan fingerprint density at radius 1 is 0.357 bits per heavy atom. The number of hydrogen-bond acceptors (Lipinski definition) is 3. The van der Waals surface area contributed by atoms with Crippen molar-refractivity contribution in [1.82, 2.24) is 4.57 Å². The van der Waals surface area contributed by atoms with Gasteiger partial charge < -0.3 is 13.4 Å². The van der Waals surface area contributed by atoms with Crippen LogP contribution in [0.1, 0.15) is 0 Å². The third-order valence-corrected chi connectivity index (χ3v) is 12.9. The van der Waals surface area contributed by atoms with E-state index in [2.05, 4.69) is 168 Å². The van der Waals surface area contributed by atoms with Gasteiger partial charge in [0.2, 0.25) is 0 Å². The normalized spacial score (nSPS) is 12.3. The Balaban J connectivity index is 1.06. The summed E-state index contributed by atoms with van der Waals surface area (Å²) in [5.74, 6) is 0. The van der Waals surface area contributed by atoms with E-state index in [1.807, 2.05) is 23.5 Å². The quantitative estimate of drug-likeness (QED) is 0.181. The predicted octanol–water partition coefficient (Wildman–Crippen LogP) is 15.4. The van der Waals surface area contributed by atoms with Crippen molar-refractivity contribution in [3.63, 3.8) is 0 Å². The maximum absolute atomic E-state index is 6.69. The van der Waals surface area contributed by atoms with Crippen molar-refractivity contribution in [2.45, 2.75) is 0 Å². The van der Waals surface area contributed by atoms with Crippen LogP contribution in [-0.2, 0) is 0 Å². The van der Waals surface area contributed by atoms with E-state index in [1.54, 1.807) is 0 Å². The molecule has 0 aliphatic carbocycles. The van der Waals surface area contributed by atoms with Crippen LogP contribution >= 0.6 is 11.3 Å². The molecule has 0 N–H and O–H groups in total. The SMILES string of the molecule is c1ccc2c(c1)ccc1sc3ccc(-c4cc(-n5c6ccccc6c6cc(-c7ccc8oc9ccccc9c8c7)ccc65)cc5oc6ccccc6c45)cc3c12. The summed E-state index contributed by atoms with van der Waals surface area (Å²) in [7, 11) is 0. The molecule has 3 nitrogen and oxygen atoms in total. The number of rotatable bonds is 3. The summed E-state index contributed by atoms with van der Waals surface area (Å²) in [5, 5.41) is 12.1. The molecule has 0 fully saturated rings. The lowest BCUT2D eigenvalue weighted by molar-refractivity contribution is 0.668. The topological polar surface area (TPSA) is 31.2 Å². The first-order chi connectivity index (χ1) is 27.7. The van der Waals surface area contributed by atoms with E-state index in [4.69, 9.17) is 8.83 Å². The Hall–Kier alpha value is -7.14. The number of benzene rings is 9. The zero-order valence-corrected chi connectivity index (χ0v) is 30.7. The Kier molecular flexibility index (Phi) is 6.04. The van der Waals surface area contributed by atoms with Gasteiger partial charge in [-0.05, 0) is 99.8 Å². The minimum atomic E-state index is 0.877. The van der Waals surface area contributed by atoms with E-state index in [9.17, 15) is 0 Å². The number of furan rings is 2. The fourth-order valence-electron chi connectivity index (χ4n) is 9.25. The summed E-state index contributed by atoms with van der Waals surface area (Å²) in [4.78, 5) is 0. The molecule has 0 saturated heterocycles. The largest absolute Gasteiger partial charge is 0.456 e. The van der Waals surface area contributed by atoms with Crippen LogP contribution in [-0.4, -0.2) is 4.57 Å². The van der Waals surface area contributed by atoms with Crippen LogP contribution in [0, 0.1) is 0 Å². The van der Waals surface area contributed by atoms with Gasteiger partial charge in [0.05, 0.1) is 16.7 Å². The molecule has 4 heterocycles. The van der Waals surface area contributed by atoms with Crippen LogP contribution in [0.4, 0.5) is 0 Å². The first kappa shape index (κ1) is 30.2. The molecule has 4 heteroatoms. The lowest BCUT2D eigenvalue weighted by atomic mass is 9.96.